The van der Waals surface area contributed by atoms with Crippen LogP contribution in [0, 0.1) is 0 Å². The second-order valence-electron chi connectivity index (χ2n) is 4.74. The number of nitrogens with zero attached hydrogens (tertiary/aromatic N) is 1. The summed E-state index contributed by atoms with van der Waals surface area (Å²) in [5, 5.41) is 3.90. The van der Waals surface area contributed by atoms with E-state index in [1.54, 1.807) is 6.07 Å². The molecule has 2 rings (SSSR count). The maximum Gasteiger partial charge on any atom is 0.270 e. The number of pyridine rings is 1. The van der Waals surface area contributed by atoms with Crippen molar-refractivity contribution >= 4 is 40.0 Å². The lowest BCUT2D eigenvalue weighted by molar-refractivity contribution is 0.0909. The third kappa shape index (κ3) is 3.05. The average molecular weight is 311 g/mol. The molecule has 1 aromatic heterocycles. The fourth-order valence-corrected chi connectivity index (χ4v) is 2.67. The van der Waals surface area contributed by atoms with Crippen LogP contribution in [0.15, 0.2) is 36.4 Å². The molecule has 106 valence electrons. The Hall–Kier alpha value is -1.32. The van der Waals surface area contributed by atoms with Crippen LogP contribution in [0.1, 0.15) is 23.8 Å². The van der Waals surface area contributed by atoms with Gasteiger partial charge in [-0.15, -0.1) is 23.2 Å². The van der Waals surface area contributed by atoms with Gasteiger partial charge >= 0.3 is 0 Å². The van der Waals surface area contributed by atoms with Crippen LogP contribution in [0.3, 0.4) is 0 Å². The predicted octanol–water partition coefficient (Wildman–Crippen LogP) is 3.59. The zero-order valence-electron chi connectivity index (χ0n) is 11.2. The first-order valence-corrected chi connectivity index (χ1v) is 7.51. The number of alkyl halides is 2. The number of hydrogen-bond donors (Lipinski definition) is 1. The van der Waals surface area contributed by atoms with E-state index in [9.17, 15) is 4.79 Å². The van der Waals surface area contributed by atoms with E-state index in [0.717, 1.165) is 10.9 Å². The number of carbonyl (C=O) groups excluding carboxylic acids is 1. The minimum absolute atomic E-state index is 0.251. The van der Waals surface area contributed by atoms with Crippen molar-refractivity contribution in [2.24, 2.45) is 0 Å². The van der Waals surface area contributed by atoms with Crippen molar-refractivity contribution in [3.05, 3.63) is 42.1 Å². The van der Waals surface area contributed by atoms with Gasteiger partial charge in [-0.25, -0.2) is 4.98 Å². The predicted molar refractivity (Wildman–Crippen MR) is 83.7 cm³/mol. The molecule has 3 nitrogen and oxygen atoms in total. The van der Waals surface area contributed by atoms with E-state index in [0.29, 0.717) is 12.1 Å². The van der Waals surface area contributed by atoms with E-state index in [1.165, 1.54) is 0 Å². The summed E-state index contributed by atoms with van der Waals surface area (Å²) in [7, 11) is 0. The molecule has 1 aromatic carbocycles. The monoisotopic (exact) mass is 310 g/mol. The number of benzene rings is 1. The van der Waals surface area contributed by atoms with Crippen LogP contribution in [0.4, 0.5) is 0 Å². The Morgan fingerprint density at radius 2 is 1.90 bits per heavy atom. The molecule has 0 saturated heterocycles. The van der Waals surface area contributed by atoms with Crippen LogP contribution in [0.5, 0.6) is 0 Å². The van der Waals surface area contributed by atoms with Gasteiger partial charge in [-0.3, -0.25) is 4.79 Å². The molecule has 0 saturated carbocycles. The molecule has 2 aromatic rings. The maximum atomic E-state index is 12.3. The highest BCUT2D eigenvalue weighted by Crippen LogP contribution is 2.17. The summed E-state index contributed by atoms with van der Waals surface area (Å²) in [6.45, 7) is 1.94. The number of rotatable bonds is 5. The molecular weight excluding hydrogens is 295 g/mol. The molecule has 5 heteroatoms. The molecule has 1 N–H and O–H groups in total. The number of para-hydroxylation sites is 1. The van der Waals surface area contributed by atoms with Crippen LogP contribution in [0.25, 0.3) is 10.9 Å². The number of amides is 1. The Bertz CT molecular complexity index is 603. The highest BCUT2D eigenvalue weighted by molar-refractivity contribution is 6.22. The summed E-state index contributed by atoms with van der Waals surface area (Å²) in [4.78, 5) is 16.7. The van der Waals surface area contributed by atoms with Crippen molar-refractivity contribution in [2.75, 3.05) is 11.8 Å². The first-order chi connectivity index (χ1) is 9.64. The topological polar surface area (TPSA) is 42.0 Å². The first-order valence-electron chi connectivity index (χ1n) is 6.44. The van der Waals surface area contributed by atoms with Gasteiger partial charge in [0.1, 0.15) is 5.69 Å². The fourth-order valence-electron chi connectivity index (χ4n) is 1.88. The van der Waals surface area contributed by atoms with E-state index < -0.39 is 5.54 Å². The van der Waals surface area contributed by atoms with Crippen molar-refractivity contribution in [1.82, 2.24) is 10.3 Å². The summed E-state index contributed by atoms with van der Waals surface area (Å²) < 4.78 is 0. The van der Waals surface area contributed by atoms with Gasteiger partial charge in [-0.1, -0.05) is 31.2 Å². The third-order valence-electron chi connectivity index (χ3n) is 3.40. The molecule has 0 unspecified atom stereocenters. The van der Waals surface area contributed by atoms with Crippen molar-refractivity contribution in [2.45, 2.75) is 18.9 Å². The molecule has 0 radical (unpaired) electrons. The second-order valence-corrected chi connectivity index (χ2v) is 5.28. The van der Waals surface area contributed by atoms with Crippen LogP contribution >= 0.6 is 23.2 Å². The van der Waals surface area contributed by atoms with Gasteiger partial charge in [0.15, 0.2) is 0 Å². The second kappa shape index (κ2) is 6.42. The fraction of sp³-hybridized carbons (Fsp3) is 0.333. The van der Waals surface area contributed by atoms with Gasteiger partial charge in [0.2, 0.25) is 0 Å². The van der Waals surface area contributed by atoms with Crippen LogP contribution in [-0.4, -0.2) is 28.2 Å². The normalized spacial score (nSPS) is 11.6. The largest absolute Gasteiger partial charge is 0.343 e. The van der Waals surface area contributed by atoms with Gasteiger partial charge in [0.05, 0.1) is 11.1 Å². The van der Waals surface area contributed by atoms with E-state index in [-0.39, 0.29) is 17.7 Å². The Labute approximate surface area is 128 Å². The minimum Gasteiger partial charge on any atom is -0.343 e. The Morgan fingerprint density at radius 1 is 1.20 bits per heavy atom. The van der Waals surface area contributed by atoms with E-state index in [4.69, 9.17) is 23.2 Å². The summed E-state index contributed by atoms with van der Waals surface area (Å²) in [5.41, 5.74) is 0.573. The summed E-state index contributed by atoms with van der Waals surface area (Å²) in [6, 6.07) is 11.3. The number of hydrogen-bond acceptors (Lipinski definition) is 2. The molecule has 0 aliphatic heterocycles. The van der Waals surface area contributed by atoms with E-state index in [2.05, 4.69) is 10.3 Å². The Balaban J connectivity index is 2.27. The summed E-state index contributed by atoms with van der Waals surface area (Å²) in [5.74, 6) is 0.289. The highest BCUT2D eigenvalue weighted by atomic mass is 35.5. The summed E-state index contributed by atoms with van der Waals surface area (Å²) >= 11 is 11.9. The SMILES string of the molecule is CCC(CCl)(CCl)NC(=O)c1ccc2ccccc2n1. The first kappa shape index (κ1) is 15.1. The molecule has 0 spiro atoms. The molecule has 1 heterocycles. The van der Waals surface area contributed by atoms with Gasteiger partial charge in [0, 0.05) is 17.1 Å². The minimum atomic E-state index is -0.590. The quantitative estimate of drug-likeness (QED) is 0.857. The number of fused-ring (bicyclic) bond motifs is 1. The maximum absolute atomic E-state index is 12.3. The average Bonchev–Trinajstić information content (AvgIpc) is 2.52. The third-order valence-corrected chi connectivity index (χ3v) is 4.42. The lowest BCUT2D eigenvalue weighted by atomic mass is 10.0. The number of nitrogens with one attached hydrogen (secondary N) is 1. The van der Waals surface area contributed by atoms with Crippen LogP contribution in [-0.2, 0) is 0 Å². The molecule has 0 bridgehead atoms. The zero-order chi connectivity index (χ0) is 14.6. The number of halogens is 2. The Morgan fingerprint density at radius 3 is 2.55 bits per heavy atom. The lowest BCUT2D eigenvalue weighted by Crippen LogP contribution is -2.51. The molecule has 0 aliphatic rings. The molecular formula is C15H16Cl2N2O. The van der Waals surface area contributed by atoms with Crippen LogP contribution < -0.4 is 5.32 Å². The molecule has 0 atom stereocenters. The van der Waals surface area contributed by atoms with Crippen molar-refractivity contribution < 1.29 is 4.79 Å². The number of carbonyl (C=O) groups is 1. The van der Waals surface area contributed by atoms with Gasteiger partial charge in [0.25, 0.3) is 5.91 Å². The van der Waals surface area contributed by atoms with E-state index >= 15 is 0 Å². The molecule has 0 fully saturated rings. The molecule has 20 heavy (non-hydrogen) atoms. The Kier molecular flexibility index (Phi) is 4.84. The summed E-state index contributed by atoms with van der Waals surface area (Å²) in [6.07, 6.45) is 0.666. The standard InChI is InChI=1S/C15H16Cl2N2O/c1-2-15(9-16,10-17)19-14(20)13-8-7-11-5-3-4-6-12(11)18-13/h3-8H,2,9-10H2,1H3,(H,19,20). The van der Waals surface area contributed by atoms with Gasteiger partial charge < -0.3 is 5.32 Å². The zero-order valence-corrected chi connectivity index (χ0v) is 12.7. The highest BCUT2D eigenvalue weighted by Gasteiger charge is 2.29. The number of aromatic nitrogens is 1. The van der Waals surface area contributed by atoms with Gasteiger partial charge in [-0.05, 0) is 18.6 Å². The molecule has 0 aliphatic carbocycles. The molecule has 1 amide bonds. The van der Waals surface area contributed by atoms with E-state index in [1.807, 2.05) is 37.3 Å². The smallest absolute Gasteiger partial charge is 0.270 e. The van der Waals surface area contributed by atoms with Gasteiger partial charge in [-0.2, -0.15) is 0 Å². The van der Waals surface area contributed by atoms with Crippen molar-refractivity contribution in [1.29, 1.82) is 0 Å². The van der Waals surface area contributed by atoms with Crippen molar-refractivity contribution in [3.63, 3.8) is 0 Å². The van der Waals surface area contributed by atoms with Crippen molar-refractivity contribution in [3.8, 4) is 0 Å². The van der Waals surface area contributed by atoms with Crippen LogP contribution in [0.2, 0.25) is 0 Å². The lowest BCUT2D eigenvalue weighted by Gasteiger charge is -2.29.